The molecule has 0 aliphatic carbocycles. The molecule has 0 unspecified atom stereocenters. The van der Waals surface area contributed by atoms with Gasteiger partial charge in [0.05, 0.1) is 28.4 Å². The van der Waals surface area contributed by atoms with E-state index in [1.165, 1.54) is 41.1 Å². The predicted molar refractivity (Wildman–Crippen MR) is 84.5 cm³/mol. The smallest absolute Gasteiger partial charge is 0.257 e. The molecule has 124 valence electrons. The van der Waals surface area contributed by atoms with Gasteiger partial charge in [0.2, 0.25) is 10.0 Å². The molecule has 0 bridgehead atoms. The SMILES string of the molecule is N#Cc1ccc(S(=O)(=O)N2CCN(C(=O)c3ccoc3)CC2)cc1. The molecule has 1 aliphatic heterocycles. The minimum atomic E-state index is -3.62. The first-order valence-electron chi connectivity index (χ1n) is 7.34. The first kappa shape index (κ1) is 16.2. The summed E-state index contributed by atoms with van der Waals surface area (Å²) in [4.78, 5) is 14.0. The number of hydrogen-bond acceptors (Lipinski definition) is 5. The van der Waals surface area contributed by atoms with E-state index in [9.17, 15) is 13.2 Å². The maximum absolute atomic E-state index is 12.6. The van der Waals surface area contributed by atoms with Crippen LogP contribution in [0.25, 0.3) is 0 Å². The third-order valence-electron chi connectivity index (χ3n) is 3.92. The van der Waals surface area contributed by atoms with Crippen LogP contribution in [-0.4, -0.2) is 49.7 Å². The Balaban J connectivity index is 1.69. The molecule has 1 aromatic carbocycles. The summed E-state index contributed by atoms with van der Waals surface area (Å²) in [5.74, 6) is -0.167. The van der Waals surface area contributed by atoms with Gasteiger partial charge in [-0.15, -0.1) is 0 Å². The molecule has 3 rings (SSSR count). The van der Waals surface area contributed by atoms with Gasteiger partial charge in [0.1, 0.15) is 6.26 Å². The van der Waals surface area contributed by atoms with Crippen molar-refractivity contribution in [2.45, 2.75) is 4.90 Å². The summed E-state index contributed by atoms with van der Waals surface area (Å²) in [6, 6.07) is 9.35. The van der Waals surface area contributed by atoms with E-state index in [0.717, 1.165) is 0 Å². The molecule has 0 N–H and O–H groups in total. The van der Waals surface area contributed by atoms with E-state index in [-0.39, 0.29) is 23.9 Å². The lowest BCUT2D eigenvalue weighted by Crippen LogP contribution is -2.50. The van der Waals surface area contributed by atoms with Gasteiger partial charge >= 0.3 is 0 Å². The van der Waals surface area contributed by atoms with Crippen molar-refractivity contribution in [2.24, 2.45) is 0 Å². The van der Waals surface area contributed by atoms with Gasteiger partial charge in [-0.1, -0.05) is 0 Å². The van der Waals surface area contributed by atoms with Crippen LogP contribution in [0, 0.1) is 11.3 Å². The summed E-state index contributed by atoms with van der Waals surface area (Å²) < 4.78 is 31.5. The highest BCUT2D eigenvalue weighted by atomic mass is 32.2. The normalized spacial score (nSPS) is 15.9. The van der Waals surface area contributed by atoms with Crippen molar-refractivity contribution >= 4 is 15.9 Å². The van der Waals surface area contributed by atoms with Crippen LogP contribution in [0.15, 0.2) is 52.2 Å². The summed E-state index contributed by atoms with van der Waals surface area (Å²) >= 11 is 0. The van der Waals surface area contributed by atoms with Crippen LogP contribution in [0.2, 0.25) is 0 Å². The van der Waals surface area contributed by atoms with Crippen molar-refractivity contribution in [3.05, 3.63) is 54.0 Å². The molecule has 24 heavy (non-hydrogen) atoms. The van der Waals surface area contributed by atoms with Crippen molar-refractivity contribution < 1.29 is 17.6 Å². The number of sulfonamides is 1. The van der Waals surface area contributed by atoms with Gasteiger partial charge in [-0.2, -0.15) is 9.57 Å². The number of carbonyl (C=O) groups is 1. The first-order chi connectivity index (χ1) is 11.5. The molecular weight excluding hydrogens is 330 g/mol. The molecule has 1 aromatic heterocycles. The van der Waals surface area contributed by atoms with Crippen molar-refractivity contribution in [2.75, 3.05) is 26.2 Å². The van der Waals surface area contributed by atoms with E-state index < -0.39 is 10.0 Å². The van der Waals surface area contributed by atoms with Crippen LogP contribution in [0.4, 0.5) is 0 Å². The van der Waals surface area contributed by atoms with Crippen LogP contribution in [0.5, 0.6) is 0 Å². The van der Waals surface area contributed by atoms with Gasteiger partial charge < -0.3 is 9.32 Å². The van der Waals surface area contributed by atoms with Gasteiger partial charge in [0.25, 0.3) is 5.91 Å². The second-order valence-electron chi connectivity index (χ2n) is 5.34. The van der Waals surface area contributed by atoms with Crippen molar-refractivity contribution in [1.82, 2.24) is 9.21 Å². The number of nitriles is 1. The van der Waals surface area contributed by atoms with Crippen molar-refractivity contribution in [3.63, 3.8) is 0 Å². The molecule has 7 nitrogen and oxygen atoms in total. The summed E-state index contributed by atoms with van der Waals surface area (Å²) in [5, 5.41) is 8.79. The molecule has 8 heteroatoms. The van der Waals surface area contributed by atoms with Crippen molar-refractivity contribution in [1.29, 1.82) is 5.26 Å². The lowest BCUT2D eigenvalue weighted by Gasteiger charge is -2.33. The zero-order valence-corrected chi connectivity index (χ0v) is 13.6. The Morgan fingerprint density at radius 1 is 1.08 bits per heavy atom. The van der Waals surface area contributed by atoms with Crippen LogP contribution in [0.1, 0.15) is 15.9 Å². The fourth-order valence-electron chi connectivity index (χ4n) is 2.55. The molecule has 1 fully saturated rings. The summed E-state index contributed by atoms with van der Waals surface area (Å²) in [6.07, 6.45) is 2.81. The summed E-state index contributed by atoms with van der Waals surface area (Å²) in [6.45, 7) is 1.09. The van der Waals surface area contributed by atoms with Crippen LogP contribution in [0.3, 0.4) is 0 Å². The van der Waals surface area contributed by atoms with E-state index >= 15 is 0 Å². The van der Waals surface area contributed by atoms with E-state index in [0.29, 0.717) is 24.2 Å². The largest absolute Gasteiger partial charge is 0.472 e. The average molecular weight is 345 g/mol. The highest BCUT2D eigenvalue weighted by Crippen LogP contribution is 2.19. The Bertz CT molecular complexity index is 859. The molecule has 1 saturated heterocycles. The summed E-state index contributed by atoms with van der Waals surface area (Å²) in [7, 11) is -3.62. The Labute approximate surface area is 139 Å². The molecule has 2 aromatic rings. The standard InChI is InChI=1S/C16H15N3O4S/c17-11-13-1-3-15(4-2-13)24(21,22)19-8-6-18(7-9-19)16(20)14-5-10-23-12-14/h1-5,10,12H,6-9H2. The molecule has 1 amide bonds. The second-order valence-corrected chi connectivity index (χ2v) is 7.28. The van der Waals surface area contributed by atoms with Gasteiger partial charge in [0.15, 0.2) is 0 Å². The van der Waals surface area contributed by atoms with Crippen molar-refractivity contribution in [3.8, 4) is 6.07 Å². The Hall–Kier alpha value is -2.63. The lowest BCUT2D eigenvalue weighted by atomic mass is 10.2. The number of nitrogens with zero attached hydrogens (tertiary/aromatic N) is 3. The fourth-order valence-corrected chi connectivity index (χ4v) is 3.97. The van der Waals surface area contributed by atoms with Crippen LogP contribution < -0.4 is 0 Å². The maximum Gasteiger partial charge on any atom is 0.257 e. The topological polar surface area (TPSA) is 94.6 Å². The number of hydrogen-bond donors (Lipinski definition) is 0. The minimum Gasteiger partial charge on any atom is -0.472 e. The Kier molecular flexibility index (Phi) is 4.38. The van der Waals surface area contributed by atoms with Gasteiger partial charge in [-0.05, 0) is 30.3 Å². The number of benzene rings is 1. The van der Waals surface area contributed by atoms with E-state index in [4.69, 9.17) is 9.68 Å². The minimum absolute atomic E-state index is 0.149. The predicted octanol–water partition coefficient (Wildman–Crippen LogP) is 1.30. The van der Waals surface area contributed by atoms with E-state index in [2.05, 4.69) is 0 Å². The quantitative estimate of drug-likeness (QED) is 0.835. The van der Waals surface area contributed by atoms with E-state index in [1.54, 1.807) is 11.0 Å². The molecule has 0 spiro atoms. The molecule has 0 atom stereocenters. The monoisotopic (exact) mass is 345 g/mol. The second kappa shape index (κ2) is 6.47. The molecule has 1 aliphatic rings. The molecule has 2 heterocycles. The molecule has 0 radical (unpaired) electrons. The number of piperazine rings is 1. The van der Waals surface area contributed by atoms with Crippen LogP contribution >= 0.6 is 0 Å². The van der Waals surface area contributed by atoms with E-state index in [1.807, 2.05) is 6.07 Å². The third-order valence-corrected chi connectivity index (χ3v) is 5.83. The Morgan fingerprint density at radius 3 is 2.29 bits per heavy atom. The third kappa shape index (κ3) is 3.04. The average Bonchev–Trinajstić information content (AvgIpc) is 3.16. The zero-order valence-electron chi connectivity index (χ0n) is 12.8. The lowest BCUT2D eigenvalue weighted by molar-refractivity contribution is 0.0697. The van der Waals surface area contributed by atoms with Gasteiger partial charge in [0, 0.05) is 26.2 Å². The number of rotatable bonds is 3. The van der Waals surface area contributed by atoms with Gasteiger partial charge in [-0.25, -0.2) is 8.42 Å². The molecule has 0 saturated carbocycles. The first-order valence-corrected chi connectivity index (χ1v) is 8.78. The summed E-state index contributed by atoms with van der Waals surface area (Å²) in [5.41, 5.74) is 0.864. The number of carbonyl (C=O) groups excluding carboxylic acids is 1. The maximum atomic E-state index is 12.6. The highest BCUT2D eigenvalue weighted by Gasteiger charge is 2.30. The highest BCUT2D eigenvalue weighted by molar-refractivity contribution is 7.89. The molecular formula is C16H15N3O4S. The number of amides is 1. The fraction of sp³-hybridized carbons (Fsp3) is 0.250. The number of furan rings is 1. The Morgan fingerprint density at radius 2 is 1.75 bits per heavy atom. The van der Waals surface area contributed by atoms with Crippen LogP contribution in [-0.2, 0) is 10.0 Å². The zero-order chi connectivity index (χ0) is 17.2. The van der Waals surface area contributed by atoms with Gasteiger partial charge in [-0.3, -0.25) is 4.79 Å².